The van der Waals surface area contributed by atoms with Gasteiger partial charge < -0.3 is 4.52 Å². The van der Waals surface area contributed by atoms with Crippen LogP contribution in [0, 0.1) is 5.82 Å². The lowest BCUT2D eigenvalue weighted by Crippen LogP contribution is -1.92. The van der Waals surface area contributed by atoms with Crippen LogP contribution in [0.4, 0.5) is 4.39 Å². The normalized spacial score (nSPS) is 11.2. The summed E-state index contributed by atoms with van der Waals surface area (Å²) in [6.45, 7) is 0. The van der Waals surface area contributed by atoms with Gasteiger partial charge in [-0.1, -0.05) is 12.1 Å². The molecule has 0 aromatic heterocycles. The highest BCUT2D eigenvalue weighted by atomic mass is 31.2. The number of hydrogen-bond acceptors (Lipinski definition) is 2. The number of para-hydroxylation sites is 1. The first-order valence-corrected chi connectivity index (χ1v) is 4.52. The van der Waals surface area contributed by atoms with Gasteiger partial charge in [-0.15, -0.1) is 0 Å². The van der Waals surface area contributed by atoms with E-state index in [1.165, 1.54) is 12.1 Å². The maximum Gasteiger partial charge on any atom is 0.524 e. The van der Waals surface area contributed by atoms with E-state index in [-0.39, 0.29) is 0 Å². The lowest BCUT2D eigenvalue weighted by atomic mass is 10.3. The number of hydrogen-bond donors (Lipinski definition) is 2. The summed E-state index contributed by atoms with van der Waals surface area (Å²) < 4.78 is 26.9. The van der Waals surface area contributed by atoms with Crippen LogP contribution < -0.4 is 4.52 Å². The molecular formula is C6H6FO4P. The Morgan fingerprint density at radius 3 is 2.42 bits per heavy atom. The molecule has 0 heterocycles. The highest BCUT2D eigenvalue weighted by Crippen LogP contribution is 2.38. The van der Waals surface area contributed by atoms with Gasteiger partial charge in [0.1, 0.15) is 0 Å². The molecule has 0 spiro atoms. The van der Waals surface area contributed by atoms with Crippen LogP contribution in [0.3, 0.4) is 0 Å². The molecule has 12 heavy (non-hydrogen) atoms. The Morgan fingerprint density at radius 2 is 1.92 bits per heavy atom. The van der Waals surface area contributed by atoms with Crippen LogP contribution in [0.2, 0.25) is 0 Å². The maximum atomic E-state index is 12.7. The molecule has 0 radical (unpaired) electrons. The molecule has 1 aromatic rings. The van der Waals surface area contributed by atoms with Gasteiger partial charge in [0.2, 0.25) is 0 Å². The molecule has 0 bridgehead atoms. The van der Waals surface area contributed by atoms with Crippen LogP contribution in [-0.2, 0) is 4.57 Å². The van der Waals surface area contributed by atoms with E-state index >= 15 is 0 Å². The van der Waals surface area contributed by atoms with Crippen LogP contribution in [0.25, 0.3) is 0 Å². The van der Waals surface area contributed by atoms with Gasteiger partial charge in [-0.3, -0.25) is 9.79 Å². The lowest BCUT2D eigenvalue weighted by Gasteiger charge is -2.06. The zero-order valence-electron chi connectivity index (χ0n) is 5.85. The molecule has 0 aliphatic rings. The monoisotopic (exact) mass is 192 g/mol. The second-order valence-electron chi connectivity index (χ2n) is 2.01. The Morgan fingerprint density at radius 1 is 1.33 bits per heavy atom. The average Bonchev–Trinajstić information content (AvgIpc) is 1.91. The minimum atomic E-state index is -4.65. The van der Waals surface area contributed by atoms with Crippen LogP contribution in [0.1, 0.15) is 0 Å². The van der Waals surface area contributed by atoms with E-state index in [9.17, 15) is 8.96 Å². The summed E-state index contributed by atoms with van der Waals surface area (Å²) >= 11 is 0. The summed E-state index contributed by atoms with van der Waals surface area (Å²) in [5.74, 6) is -1.26. The third-order valence-corrected chi connectivity index (χ3v) is 1.49. The van der Waals surface area contributed by atoms with E-state index in [0.29, 0.717) is 0 Å². The number of phosphoric acid groups is 1. The largest absolute Gasteiger partial charge is 0.524 e. The van der Waals surface area contributed by atoms with Crippen LogP contribution in [0.5, 0.6) is 5.75 Å². The lowest BCUT2D eigenvalue weighted by molar-refractivity contribution is 0.278. The topological polar surface area (TPSA) is 66.8 Å². The third kappa shape index (κ3) is 2.62. The van der Waals surface area contributed by atoms with Crippen molar-refractivity contribution in [2.45, 2.75) is 0 Å². The van der Waals surface area contributed by atoms with Crippen molar-refractivity contribution in [1.29, 1.82) is 0 Å². The Bertz CT molecular complexity index is 321. The molecule has 1 aromatic carbocycles. The van der Waals surface area contributed by atoms with Crippen molar-refractivity contribution in [2.75, 3.05) is 0 Å². The van der Waals surface area contributed by atoms with Crippen molar-refractivity contribution >= 4 is 7.82 Å². The summed E-state index contributed by atoms with van der Waals surface area (Å²) in [4.78, 5) is 16.6. The molecule has 0 fully saturated rings. The van der Waals surface area contributed by atoms with Gasteiger partial charge >= 0.3 is 7.82 Å². The van der Waals surface area contributed by atoms with E-state index in [4.69, 9.17) is 9.79 Å². The average molecular weight is 192 g/mol. The van der Waals surface area contributed by atoms with Crippen molar-refractivity contribution in [1.82, 2.24) is 0 Å². The zero-order chi connectivity index (χ0) is 9.19. The Hall–Kier alpha value is -0.900. The molecule has 0 saturated heterocycles. The minimum absolute atomic E-state index is 0.453. The number of rotatable bonds is 2. The van der Waals surface area contributed by atoms with Gasteiger partial charge in [0, 0.05) is 0 Å². The van der Waals surface area contributed by atoms with E-state index in [2.05, 4.69) is 4.52 Å². The smallest absolute Gasteiger partial charge is 0.401 e. The number of halogens is 1. The second-order valence-corrected chi connectivity index (χ2v) is 3.18. The molecular weight excluding hydrogens is 186 g/mol. The fourth-order valence-corrected chi connectivity index (χ4v) is 1.05. The molecule has 0 aliphatic carbocycles. The summed E-state index contributed by atoms with van der Waals surface area (Å²) in [6, 6.07) is 4.98. The summed E-state index contributed by atoms with van der Waals surface area (Å²) in [5.41, 5.74) is 0. The first-order chi connectivity index (χ1) is 5.49. The molecule has 2 N–H and O–H groups in total. The molecule has 0 saturated carbocycles. The summed E-state index contributed by atoms with van der Waals surface area (Å²) in [7, 11) is -4.65. The van der Waals surface area contributed by atoms with Crippen molar-refractivity contribution in [2.24, 2.45) is 0 Å². The minimum Gasteiger partial charge on any atom is -0.401 e. The van der Waals surface area contributed by atoms with Crippen LogP contribution >= 0.6 is 7.82 Å². The van der Waals surface area contributed by atoms with Crippen LogP contribution in [-0.4, -0.2) is 9.79 Å². The molecule has 0 atom stereocenters. The predicted octanol–water partition coefficient (Wildman–Crippen LogP) is 1.30. The summed E-state index contributed by atoms with van der Waals surface area (Å²) in [5, 5.41) is 0. The van der Waals surface area contributed by atoms with Crippen molar-refractivity contribution in [3.63, 3.8) is 0 Å². The van der Waals surface area contributed by atoms with Gasteiger partial charge in [-0.2, -0.15) is 0 Å². The molecule has 6 heteroatoms. The van der Waals surface area contributed by atoms with E-state index in [0.717, 1.165) is 12.1 Å². The molecule has 66 valence electrons. The Kier molecular flexibility index (Phi) is 2.47. The number of phosphoric ester groups is 1. The highest BCUT2D eigenvalue weighted by molar-refractivity contribution is 7.46. The standard InChI is InChI=1S/C6H6FO4P/c7-5-3-1-2-4-6(5)11-12(8,9)10/h1-4H,(H2,8,9,10). The SMILES string of the molecule is O=P(O)(O)Oc1ccccc1F. The Labute approximate surface area is 67.8 Å². The molecule has 0 aliphatic heterocycles. The van der Waals surface area contributed by atoms with Crippen molar-refractivity contribution in [3.8, 4) is 5.75 Å². The van der Waals surface area contributed by atoms with Gasteiger partial charge in [-0.05, 0) is 12.1 Å². The van der Waals surface area contributed by atoms with Gasteiger partial charge in [0.15, 0.2) is 11.6 Å². The third-order valence-electron chi connectivity index (χ3n) is 1.05. The van der Waals surface area contributed by atoms with E-state index < -0.39 is 19.4 Å². The summed E-state index contributed by atoms with van der Waals surface area (Å²) in [6.07, 6.45) is 0. The van der Waals surface area contributed by atoms with Crippen molar-refractivity contribution in [3.05, 3.63) is 30.1 Å². The number of benzene rings is 1. The quantitative estimate of drug-likeness (QED) is 0.693. The predicted molar refractivity (Wildman–Crippen MR) is 39.1 cm³/mol. The van der Waals surface area contributed by atoms with Gasteiger partial charge in [-0.25, -0.2) is 8.96 Å². The van der Waals surface area contributed by atoms with Crippen molar-refractivity contribution < 1.29 is 23.3 Å². The molecule has 0 unspecified atom stereocenters. The van der Waals surface area contributed by atoms with Gasteiger partial charge in [0.05, 0.1) is 0 Å². The fourth-order valence-electron chi connectivity index (χ4n) is 0.647. The molecule has 4 nitrogen and oxygen atoms in total. The zero-order valence-corrected chi connectivity index (χ0v) is 6.74. The molecule has 0 amide bonds. The van der Waals surface area contributed by atoms with E-state index in [1.54, 1.807) is 0 Å². The molecule has 1 rings (SSSR count). The highest BCUT2D eigenvalue weighted by Gasteiger charge is 2.17. The maximum absolute atomic E-state index is 12.7. The Balaban J connectivity index is 2.90. The first kappa shape index (κ1) is 9.19. The van der Waals surface area contributed by atoms with Crippen LogP contribution in [0.15, 0.2) is 24.3 Å². The van der Waals surface area contributed by atoms with E-state index in [1.807, 2.05) is 0 Å². The van der Waals surface area contributed by atoms with Gasteiger partial charge in [0.25, 0.3) is 0 Å². The fraction of sp³-hybridized carbons (Fsp3) is 0. The first-order valence-electron chi connectivity index (χ1n) is 2.99. The second kappa shape index (κ2) is 3.23.